The fourth-order valence-electron chi connectivity index (χ4n) is 3.95. The Labute approximate surface area is 157 Å². The molecule has 0 spiro atoms. The zero-order valence-electron chi connectivity index (χ0n) is 15.1. The number of carbonyl (C=O) groups excluding carboxylic acids is 1. The lowest BCUT2D eigenvalue weighted by molar-refractivity contribution is 0.0681. The summed E-state index contributed by atoms with van der Waals surface area (Å²) in [5.41, 5.74) is 0.747. The molecule has 0 saturated carbocycles. The monoisotopic (exact) mass is 372 g/mol. The number of fused-ring (bicyclic) bond motifs is 2. The lowest BCUT2D eigenvalue weighted by Gasteiger charge is -2.35. The number of benzene rings is 1. The molecule has 2 saturated heterocycles. The predicted octanol–water partition coefficient (Wildman–Crippen LogP) is 3.03. The number of carbonyl (C=O) groups is 1. The van der Waals surface area contributed by atoms with Crippen LogP contribution in [0.25, 0.3) is 0 Å². The van der Waals surface area contributed by atoms with Crippen LogP contribution in [-0.4, -0.2) is 46.1 Å². The van der Waals surface area contributed by atoms with Crippen molar-refractivity contribution in [3.63, 3.8) is 0 Å². The predicted molar refractivity (Wildman–Crippen MR) is 100 cm³/mol. The van der Waals surface area contributed by atoms with Crippen molar-refractivity contribution in [1.82, 2.24) is 20.4 Å². The van der Waals surface area contributed by atoms with Crippen molar-refractivity contribution in [3.8, 4) is 0 Å². The first-order chi connectivity index (χ1) is 12.6. The number of thioether (sulfide) groups is 1. The van der Waals surface area contributed by atoms with Crippen LogP contribution in [0.5, 0.6) is 0 Å². The van der Waals surface area contributed by atoms with E-state index in [1.807, 2.05) is 43.1 Å². The number of aromatic nitrogens is 2. The fourth-order valence-corrected chi connectivity index (χ4v) is 4.69. The maximum absolute atomic E-state index is 12.8. The lowest BCUT2D eigenvalue weighted by Crippen LogP contribution is -2.48. The van der Waals surface area contributed by atoms with Gasteiger partial charge in [-0.05, 0) is 56.9 Å². The van der Waals surface area contributed by atoms with Crippen LogP contribution in [0, 0.1) is 6.92 Å². The summed E-state index contributed by atoms with van der Waals surface area (Å²) in [5.74, 6) is 2.01. The Morgan fingerprint density at radius 3 is 2.58 bits per heavy atom. The van der Waals surface area contributed by atoms with Crippen LogP contribution in [0.15, 0.2) is 33.7 Å². The van der Waals surface area contributed by atoms with E-state index in [1.54, 1.807) is 11.8 Å². The third-order valence-electron chi connectivity index (χ3n) is 5.35. The normalized spacial score (nSPS) is 24.6. The molecule has 2 bridgehead atoms. The van der Waals surface area contributed by atoms with E-state index in [2.05, 4.69) is 15.5 Å². The van der Waals surface area contributed by atoms with Crippen LogP contribution in [0.4, 0.5) is 0 Å². The van der Waals surface area contributed by atoms with Gasteiger partial charge in [-0.15, -0.1) is 11.8 Å². The van der Waals surface area contributed by atoms with Gasteiger partial charge in [0, 0.05) is 35.6 Å². The molecule has 2 fully saturated rings. The summed E-state index contributed by atoms with van der Waals surface area (Å²) >= 11 is 1.62. The molecule has 2 aliphatic rings. The van der Waals surface area contributed by atoms with E-state index in [4.69, 9.17) is 4.52 Å². The molecule has 0 aliphatic carbocycles. The molecule has 0 radical (unpaired) electrons. The average Bonchev–Trinajstić information content (AvgIpc) is 3.23. The first-order valence-electron chi connectivity index (χ1n) is 9.14. The minimum Gasteiger partial charge on any atom is -0.339 e. The highest BCUT2D eigenvalue weighted by atomic mass is 32.2. The fraction of sp³-hybridized carbons (Fsp3) is 0.526. The van der Waals surface area contributed by atoms with Crippen LogP contribution < -0.4 is 5.32 Å². The largest absolute Gasteiger partial charge is 0.339 e. The van der Waals surface area contributed by atoms with Crippen molar-refractivity contribution < 1.29 is 9.32 Å². The van der Waals surface area contributed by atoms with Crippen molar-refractivity contribution in [2.24, 2.45) is 0 Å². The average molecular weight is 372 g/mol. The minimum absolute atomic E-state index is 0.111. The highest BCUT2D eigenvalue weighted by Gasteiger charge is 2.36. The molecule has 2 unspecified atom stereocenters. The van der Waals surface area contributed by atoms with Crippen molar-refractivity contribution in [2.45, 2.75) is 61.4 Å². The van der Waals surface area contributed by atoms with Crippen molar-refractivity contribution in [1.29, 1.82) is 0 Å². The third kappa shape index (κ3) is 3.78. The van der Waals surface area contributed by atoms with Crippen LogP contribution in [0.2, 0.25) is 0 Å². The molecule has 2 atom stereocenters. The summed E-state index contributed by atoms with van der Waals surface area (Å²) in [4.78, 5) is 20.1. The second-order valence-electron chi connectivity index (χ2n) is 7.23. The maximum atomic E-state index is 12.8. The number of hydrogen-bond donors (Lipinski definition) is 1. The van der Waals surface area contributed by atoms with Crippen molar-refractivity contribution in [3.05, 3.63) is 41.5 Å². The second kappa shape index (κ2) is 7.40. The van der Waals surface area contributed by atoms with Gasteiger partial charge >= 0.3 is 0 Å². The van der Waals surface area contributed by atoms with E-state index < -0.39 is 0 Å². The van der Waals surface area contributed by atoms with Gasteiger partial charge in [-0.3, -0.25) is 4.79 Å². The lowest BCUT2D eigenvalue weighted by atomic mass is 9.98. The van der Waals surface area contributed by atoms with Crippen LogP contribution in [-0.2, 0) is 5.75 Å². The Hall–Kier alpha value is -1.86. The van der Waals surface area contributed by atoms with Gasteiger partial charge < -0.3 is 14.7 Å². The molecule has 2 aromatic rings. The van der Waals surface area contributed by atoms with Crippen molar-refractivity contribution >= 4 is 17.7 Å². The first-order valence-corrected chi connectivity index (χ1v) is 10.1. The second-order valence-corrected chi connectivity index (χ2v) is 8.28. The zero-order chi connectivity index (χ0) is 18.1. The topological polar surface area (TPSA) is 71.3 Å². The summed E-state index contributed by atoms with van der Waals surface area (Å²) in [6.07, 6.45) is 4.62. The van der Waals surface area contributed by atoms with E-state index >= 15 is 0 Å². The standard InChI is InChI=1S/C19H24N4O2S/c1-12-20-18(25-22-12)11-26-17-7-3-13(4-8-17)19(24)23(2)16-9-14-5-6-15(10-16)21-14/h3-4,7-8,14-16,21H,5-6,9-11H2,1-2H3. The molecule has 1 amide bonds. The molecule has 2 aliphatic heterocycles. The molecule has 138 valence electrons. The van der Waals surface area contributed by atoms with E-state index in [0.29, 0.717) is 35.6 Å². The van der Waals surface area contributed by atoms with E-state index in [1.165, 1.54) is 12.8 Å². The molecule has 1 aromatic heterocycles. The molecule has 4 rings (SSSR count). The quantitative estimate of drug-likeness (QED) is 0.814. The molecule has 26 heavy (non-hydrogen) atoms. The van der Waals surface area contributed by atoms with Gasteiger partial charge in [0.2, 0.25) is 5.89 Å². The molecule has 1 aromatic carbocycles. The van der Waals surface area contributed by atoms with E-state index in [9.17, 15) is 4.79 Å². The van der Waals surface area contributed by atoms with Crippen LogP contribution in [0.3, 0.4) is 0 Å². The number of aryl methyl sites for hydroxylation is 1. The summed E-state index contributed by atoms with van der Waals surface area (Å²) in [7, 11) is 1.94. The van der Waals surface area contributed by atoms with Crippen LogP contribution >= 0.6 is 11.8 Å². The highest BCUT2D eigenvalue weighted by Crippen LogP contribution is 2.30. The number of nitrogens with zero attached hydrogens (tertiary/aromatic N) is 3. The van der Waals surface area contributed by atoms with Gasteiger partial charge in [-0.25, -0.2) is 0 Å². The van der Waals surface area contributed by atoms with Gasteiger partial charge in [0.25, 0.3) is 5.91 Å². The summed E-state index contributed by atoms with van der Waals surface area (Å²) in [6, 6.07) is 9.31. The number of amides is 1. The number of piperidine rings is 1. The summed E-state index contributed by atoms with van der Waals surface area (Å²) in [5, 5.41) is 7.42. The molecule has 1 N–H and O–H groups in total. The highest BCUT2D eigenvalue weighted by molar-refractivity contribution is 7.98. The Morgan fingerprint density at radius 2 is 1.96 bits per heavy atom. The Morgan fingerprint density at radius 1 is 1.27 bits per heavy atom. The zero-order valence-corrected chi connectivity index (χ0v) is 16.0. The SMILES string of the molecule is Cc1noc(CSc2ccc(C(=O)N(C)C3CC4CCC(C3)N4)cc2)n1. The van der Waals surface area contributed by atoms with Gasteiger partial charge in [0.15, 0.2) is 5.82 Å². The third-order valence-corrected chi connectivity index (χ3v) is 6.35. The van der Waals surface area contributed by atoms with Gasteiger partial charge in [-0.2, -0.15) is 4.98 Å². The number of hydrogen-bond acceptors (Lipinski definition) is 6. The van der Waals surface area contributed by atoms with Crippen LogP contribution in [0.1, 0.15) is 47.8 Å². The van der Waals surface area contributed by atoms with E-state index in [-0.39, 0.29) is 5.91 Å². The summed E-state index contributed by atoms with van der Waals surface area (Å²) < 4.78 is 5.12. The van der Waals surface area contributed by atoms with Gasteiger partial charge in [0.05, 0.1) is 5.75 Å². The van der Waals surface area contributed by atoms with E-state index in [0.717, 1.165) is 23.3 Å². The Kier molecular flexibility index (Phi) is 5.00. The Balaban J connectivity index is 1.35. The molecule has 3 heterocycles. The number of rotatable bonds is 5. The number of nitrogens with one attached hydrogen (secondary N) is 1. The summed E-state index contributed by atoms with van der Waals surface area (Å²) in [6.45, 7) is 1.81. The molecular formula is C19H24N4O2S. The van der Waals surface area contributed by atoms with Crippen molar-refractivity contribution in [2.75, 3.05) is 7.05 Å². The minimum atomic E-state index is 0.111. The molecule has 6 nitrogen and oxygen atoms in total. The molecule has 7 heteroatoms. The maximum Gasteiger partial charge on any atom is 0.253 e. The first kappa shape index (κ1) is 17.5. The van der Waals surface area contributed by atoms with Gasteiger partial charge in [-0.1, -0.05) is 5.16 Å². The smallest absolute Gasteiger partial charge is 0.253 e. The molecular weight excluding hydrogens is 348 g/mol. The van der Waals surface area contributed by atoms with Gasteiger partial charge in [0.1, 0.15) is 0 Å². The Bertz CT molecular complexity index is 764.